The maximum atomic E-state index is 3.54. The number of benzene rings is 1. The SMILES string of the molecule is CNC1CCc2c([nH]c3ccccc23)C1. The van der Waals surface area contributed by atoms with E-state index < -0.39 is 0 Å². The lowest BCUT2D eigenvalue weighted by Gasteiger charge is -2.21. The van der Waals surface area contributed by atoms with Crippen molar-refractivity contribution >= 4 is 10.9 Å². The zero-order chi connectivity index (χ0) is 10.3. The summed E-state index contributed by atoms with van der Waals surface area (Å²) in [7, 11) is 2.05. The number of nitrogens with one attached hydrogen (secondary N) is 2. The predicted octanol–water partition coefficient (Wildman–Crippen LogP) is 2.24. The van der Waals surface area contributed by atoms with Crippen molar-refractivity contribution in [2.45, 2.75) is 25.3 Å². The molecule has 1 atom stereocenters. The number of aromatic nitrogens is 1. The van der Waals surface area contributed by atoms with Gasteiger partial charge in [-0.1, -0.05) is 18.2 Å². The van der Waals surface area contributed by atoms with E-state index in [-0.39, 0.29) is 0 Å². The molecule has 0 saturated carbocycles. The summed E-state index contributed by atoms with van der Waals surface area (Å²) >= 11 is 0. The summed E-state index contributed by atoms with van der Waals surface area (Å²) < 4.78 is 0. The van der Waals surface area contributed by atoms with E-state index in [0.717, 1.165) is 6.42 Å². The lowest BCUT2D eigenvalue weighted by Crippen LogP contribution is -2.31. The summed E-state index contributed by atoms with van der Waals surface area (Å²) in [5.41, 5.74) is 4.26. The molecule has 0 spiro atoms. The Hall–Kier alpha value is -1.28. The highest BCUT2D eigenvalue weighted by atomic mass is 14.9. The van der Waals surface area contributed by atoms with Gasteiger partial charge in [0.1, 0.15) is 0 Å². The summed E-state index contributed by atoms with van der Waals surface area (Å²) in [5, 5.41) is 4.79. The Morgan fingerprint density at radius 3 is 3.07 bits per heavy atom. The van der Waals surface area contributed by atoms with Gasteiger partial charge in [-0.25, -0.2) is 0 Å². The minimum atomic E-state index is 0.644. The van der Waals surface area contributed by atoms with E-state index >= 15 is 0 Å². The van der Waals surface area contributed by atoms with Crippen LogP contribution in [0.1, 0.15) is 17.7 Å². The molecule has 0 bridgehead atoms. The molecule has 1 unspecified atom stereocenters. The molecule has 78 valence electrons. The van der Waals surface area contributed by atoms with Gasteiger partial charge < -0.3 is 10.3 Å². The minimum Gasteiger partial charge on any atom is -0.358 e. The third kappa shape index (κ3) is 1.37. The molecule has 0 radical (unpaired) electrons. The molecular weight excluding hydrogens is 184 g/mol. The van der Waals surface area contributed by atoms with Crippen molar-refractivity contribution in [1.82, 2.24) is 10.3 Å². The number of hydrogen-bond donors (Lipinski definition) is 2. The molecule has 2 N–H and O–H groups in total. The van der Waals surface area contributed by atoms with Crippen LogP contribution >= 0.6 is 0 Å². The summed E-state index contributed by atoms with van der Waals surface area (Å²) in [6.45, 7) is 0. The summed E-state index contributed by atoms with van der Waals surface area (Å²) in [5.74, 6) is 0. The van der Waals surface area contributed by atoms with Gasteiger partial charge in [0.25, 0.3) is 0 Å². The minimum absolute atomic E-state index is 0.644. The second-order valence-corrected chi connectivity index (χ2v) is 4.36. The molecule has 1 aliphatic rings. The van der Waals surface area contributed by atoms with Crippen LogP contribution < -0.4 is 5.32 Å². The molecule has 15 heavy (non-hydrogen) atoms. The standard InChI is InChI=1S/C13H16N2/c1-14-9-6-7-11-10-4-2-3-5-12(10)15-13(11)8-9/h2-5,9,14-15H,6-8H2,1H3. The third-order valence-corrected chi connectivity index (χ3v) is 3.50. The Balaban J connectivity index is 2.12. The zero-order valence-corrected chi connectivity index (χ0v) is 9.01. The third-order valence-electron chi connectivity index (χ3n) is 3.50. The number of rotatable bonds is 1. The fourth-order valence-electron chi connectivity index (χ4n) is 2.63. The summed E-state index contributed by atoms with van der Waals surface area (Å²) in [6, 6.07) is 9.26. The van der Waals surface area contributed by atoms with Crippen molar-refractivity contribution in [3.63, 3.8) is 0 Å². The molecule has 3 rings (SSSR count). The van der Waals surface area contributed by atoms with Crippen molar-refractivity contribution < 1.29 is 0 Å². The Kier molecular flexibility index (Phi) is 2.03. The molecule has 1 aliphatic carbocycles. The number of fused-ring (bicyclic) bond motifs is 3. The van der Waals surface area contributed by atoms with Crippen LogP contribution in [0.2, 0.25) is 0 Å². The number of aryl methyl sites for hydroxylation is 1. The average Bonchev–Trinajstić information content (AvgIpc) is 2.66. The zero-order valence-electron chi connectivity index (χ0n) is 9.01. The first-order chi connectivity index (χ1) is 7.38. The van der Waals surface area contributed by atoms with Gasteiger partial charge in [0, 0.05) is 29.1 Å². The van der Waals surface area contributed by atoms with Crippen LogP contribution in [0.25, 0.3) is 10.9 Å². The van der Waals surface area contributed by atoms with Crippen molar-refractivity contribution in [3.8, 4) is 0 Å². The van der Waals surface area contributed by atoms with Crippen LogP contribution in [0.4, 0.5) is 0 Å². The van der Waals surface area contributed by atoms with E-state index in [4.69, 9.17) is 0 Å². The molecular formula is C13H16N2. The summed E-state index contributed by atoms with van der Waals surface area (Å²) in [4.78, 5) is 3.54. The molecule has 2 nitrogen and oxygen atoms in total. The normalized spacial score (nSPS) is 20.5. The molecule has 2 heteroatoms. The fraction of sp³-hybridized carbons (Fsp3) is 0.385. The maximum absolute atomic E-state index is 3.54. The van der Waals surface area contributed by atoms with Crippen LogP contribution in [0.3, 0.4) is 0 Å². The molecule has 0 saturated heterocycles. The first-order valence-electron chi connectivity index (χ1n) is 5.64. The van der Waals surface area contributed by atoms with Crippen molar-refractivity contribution in [1.29, 1.82) is 0 Å². The summed E-state index contributed by atoms with van der Waals surface area (Å²) in [6.07, 6.45) is 3.59. The maximum Gasteiger partial charge on any atom is 0.0458 e. The molecule has 1 aromatic carbocycles. The van der Waals surface area contributed by atoms with Gasteiger partial charge in [0.15, 0.2) is 0 Å². The van der Waals surface area contributed by atoms with Crippen LogP contribution in [-0.4, -0.2) is 18.1 Å². The molecule has 2 aromatic rings. The van der Waals surface area contributed by atoms with Gasteiger partial charge >= 0.3 is 0 Å². The molecule has 0 aliphatic heterocycles. The quantitative estimate of drug-likeness (QED) is 0.726. The van der Waals surface area contributed by atoms with E-state index in [0.29, 0.717) is 6.04 Å². The van der Waals surface area contributed by atoms with Gasteiger partial charge in [0.2, 0.25) is 0 Å². The lowest BCUT2D eigenvalue weighted by molar-refractivity contribution is 0.493. The first kappa shape index (κ1) is 8.98. The number of para-hydroxylation sites is 1. The average molecular weight is 200 g/mol. The molecule has 0 amide bonds. The molecule has 1 aromatic heterocycles. The Morgan fingerprint density at radius 2 is 2.20 bits per heavy atom. The largest absolute Gasteiger partial charge is 0.358 e. The van der Waals surface area contributed by atoms with Crippen molar-refractivity contribution in [2.75, 3.05) is 7.05 Å². The Bertz CT molecular complexity index is 484. The van der Waals surface area contributed by atoms with Gasteiger partial charge in [-0.3, -0.25) is 0 Å². The number of hydrogen-bond acceptors (Lipinski definition) is 1. The second-order valence-electron chi connectivity index (χ2n) is 4.36. The van der Waals surface area contributed by atoms with E-state index in [1.165, 1.54) is 35.0 Å². The topological polar surface area (TPSA) is 27.8 Å². The Labute approximate surface area is 89.7 Å². The van der Waals surface area contributed by atoms with Crippen LogP contribution in [0, 0.1) is 0 Å². The van der Waals surface area contributed by atoms with E-state index in [9.17, 15) is 0 Å². The van der Waals surface area contributed by atoms with Crippen LogP contribution in [-0.2, 0) is 12.8 Å². The Morgan fingerprint density at radius 1 is 1.33 bits per heavy atom. The number of likely N-dealkylation sites (N-methyl/N-ethyl adjacent to an activating group) is 1. The first-order valence-corrected chi connectivity index (χ1v) is 5.64. The van der Waals surface area contributed by atoms with Gasteiger partial charge in [-0.05, 0) is 31.5 Å². The van der Waals surface area contributed by atoms with Crippen LogP contribution in [0.5, 0.6) is 0 Å². The van der Waals surface area contributed by atoms with Crippen molar-refractivity contribution in [2.24, 2.45) is 0 Å². The van der Waals surface area contributed by atoms with Crippen molar-refractivity contribution in [3.05, 3.63) is 35.5 Å². The monoisotopic (exact) mass is 200 g/mol. The fourth-order valence-corrected chi connectivity index (χ4v) is 2.63. The van der Waals surface area contributed by atoms with Gasteiger partial charge in [0.05, 0.1) is 0 Å². The smallest absolute Gasteiger partial charge is 0.0458 e. The lowest BCUT2D eigenvalue weighted by atomic mass is 9.92. The van der Waals surface area contributed by atoms with E-state index in [2.05, 4.69) is 41.6 Å². The number of aromatic amines is 1. The highest BCUT2D eigenvalue weighted by Gasteiger charge is 2.20. The molecule has 1 heterocycles. The number of H-pyrrole nitrogens is 1. The highest BCUT2D eigenvalue weighted by Crippen LogP contribution is 2.28. The van der Waals surface area contributed by atoms with E-state index in [1.54, 1.807) is 0 Å². The van der Waals surface area contributed by atoms with Crippen LogP contribution in [0.15, 0.2) is 24.3 Å². The van der Waals surface area contributed by atoms with Gasteiger partial charge in [-0.2, -0.15) is 0 Å². The highest BCUT2D eigenvalue weighted by molar-refractivity contribution is 5.84. The van der Waals surface area contributed by atoms with Gasteiger partial charge in [-0.15, -0.1) is 0 Å². The predicted molar refractivity (Wildman–Crippen MR) is 63.2 cm³/mol. The molecule has 0 fully saturated rings. The van der Waals surface area contributed by atoms with E-state index in [1.807, 2.05) is 0 Å². The second kappa shape index (κ2) is 3.38.